The Kier molecular flexibility index (Phi) is 6.77. The Balaban J connectivity index is 1.14. The standard InChI is InChI=1S/C28H34N4O2/c1-20(2)31-17-11-25(12-18-31)34-24-6-3-21(4-7-24)22-9-15-32(16-10-22)28(33)23-5-8-26-27(19-23)30-14-13-29-26/h3-8,13-14,19-20,22,25H,9-12,15-18H2,1-2H3. The lowest BCUT2D eigenvalue weighted by molar-refractivity contribution is 0.0713. The van der Waals surface area contributed by atoms with Crippen molar-refractivity contribution in [2.24, 2.45) is 0 Å². The van der Waals surface area contributed by atoms with Crippen LogP contribution in [-0.2, 0) is 0 Å². The SMILES string of the molecule is CC(C)N1CCC(Oc2ccc(C3CCN(C(=O)c4ccc5nccnc5c4)CC3)cc2)CC1. The van der Waals surface area contributed by atoms with E-state index in [1.54, 1.807) is 12.4 Å². The van der Waals surface area contributed by atoms with Crippen molar-refractivity contribution in [3.05, 3.63) is 66.0 Å². The number of nitrogens with zero attached hydrogens (tertiary/aromatic N) is 4. The molecule has 1 aromatic heterocycles. The monoisotopic (exact) mass is 458 g/mol. The van der Waals surface area contributed by atoms with Gasteiger partial charge in [-0.25, -0.2) is 0 Å². The van der Waals surface area contributed by atoms with E-state index >= 15 is 0 Å². The zero-order valence-electron chi connectivity index (χ0n) is 20.2. The number of aromatic nitrogens is 2. The maximum Gasteiger partial charge on any atom is 0.253 e. The third-order valence-corrected chi connectivity index (χ3v) is 7.36. The first-order valence-electron chi connectivity index (χ1n) is 12.6. The number of fused-ring (bicyclic) bond motifs is 1. The van der Waals surface area contributed by atoms with E-state index in [1.165, 1.54) is 5.56 Å². The van der Waals surface area contributed by atoms with Crippen LogP contribution in [0, 0.1) is 0 Å². The number of piperidine rings is 2. The summed E-state index contributed by atoms with van der Waals surface area (Å²) in [4.78, 5) is 26.1. The van der Waals surface area contributed by atoms with E-state index in [0.29, 0.717) is 23.6 Å². The molecule has 0 radical (unpaired) electrons. The van der Waals surface area contributed by atoms with E-state index in [0.717, 1.165) is 68.6 Å². The van der Waals surface area contributed by atoms with Crippen LogP contribution < -0.4 is 4.74 Å². The van der Waals surface area contributed by atoms with E-state index in [9.17, 15) is 4.79 Å². The van der Waals surface area contributed by atoms with Gasteiger partial charge in [-0.3, -0.25) is 14.8 Å². The van der Waals surface area contributed by atoms with Gasteiger partial charge in [-0.2, -0.15) is 0 Å². The molecule has 2 aliphatic heterocycles. The highest BCUT2D eigenvalue weighted by Gasteiger charge is 2.25. The summed E-state index contributed by atoms with van der Waals surface area (Å²) in [5.41, 5.74) is 3.60. The summed E-state index contributed by atoms with van der Waals surface area (Å²) < 4.78 is 6.26. The molecule has 0 atom stereocenters. The van der Waals surface area contributed by atoms with E-state index in [-0.39, 0.29) is 5.91 Å². The smallest absolute Gasteiger partial charge is 0.253 e. The van der Waals surface area contributed by atoms with Crippen LogP contribution in [0.2, 0.25) is 0 Å². The summed E-state index contributed by atoms with van der Waals surface area (Å²) in [7, 11) is 0. The molecule has 6 nitrogen and oxygen atoms in total. The molecule has 0 unspecified atom stereocenters. The second kappa shape index (κ2) is 10.1. The summed E-state index contributed by atoms with van der Waals surface area (Å²) >= 11 is 0. The third kappa shape index (κ3) is 5.07. The Morgan fingerprint density at radius 2 is 1.56 bits per heavy atom. The fraction of sp³-hybridized carbons (Fsp3) is 0.464. The molecule has 0 saturated carbocycles. The van der Waals surface area contributed by atoms with Crippen LogP contribution in [0.4, 0.5) is 0 Å². The Morgan fingerprint density at radius 3 is 2.24 bits per heavy atom. The van der Waals surface area contributed by atoms with Gasteiger partial charge in [0.15, 0.2) is 0 Å². The minimum Gasteiger partial charge on any atom is -0.490 e. The summed E-state index contributed by atoms with van der Waals surface area (Å²) in [5.74, 6) is 1.53. The van der Waals surface area contributed by atoms with Crippen molar-refractivity contribution in [2.45, 2.75) is 57.6 Å². The first kappa shape index (κ1) is 22.8. The average molecular weight is 459 g/mol. The molecule has 3 aromatic rings. The van der Waals surface area contributed by atoms with Crippen molar-refractivity contribution in [2.75, 3.05) is 26.2 Å². The molecule has 2 fully saturated rings. The van der Waals surface area contributed by atoms with Gasteiger partial charge in [0.2, 0.25) is 0 Å². The molecule has 0 spiro atoms. The predicted molar refractivity (Wildman–Crippen MR) is 134 cm³/mol. The number of ether oxygens (including phenoxy) is 1. The second-order valence-electron chi connectivity index (χ2n) is 9.84. The summed E-state index contributed by atoms with van der Waals surface area (Å²) in [6, 6.07) is 14.9. The normalized spacial score (nSPS) is 18.5. The van der Waals surface area contributed by atoms with Crippen LogP contribution in [0.3, 0.4) is 0 Å². The molecule has 3 heterocycles. The van der Waals surface area contributed by atoms with Crippen LogP contribution in [0.15, 0.2) is 54.9 Å². The molecular weight excluding hydrogens is 424 g/mol. The maximum absolute atomic E-state index is 13.0. The van der Waals surface area contributed by atoms with Crippen molar-refractivity contribution in [3.8, 4) is 5.75 Å². The quantitative estimate of drug-likeness (QED) is 0.544. The lowest BCUT2D eigenvalue weighted by Gasteiger charge is -2.34. The number of amides is 1. The minimum atomic E-state index is 0.0817. The topological polar surface area (TPSA) is 58.6 Å². The molecule has 2 saturated heterocycles. The van der Waals surface area contributed by atoms with Crippen LogP contribution in [0.25, 0.3) is 11.0 Å². The van der Waals surface area contributed by atoms with E-state index < -0.39 is 0 Å². The van der Waals surface area contributed by atoms with Gasteiger partial charge < -0.3 is 14.5 Å². The van der Waals surface area contributed by atoms with Crippen molar-refractivity contribution in [3.63, 3.8) is 0 Å². The fourth-order valence-electron chi connectivity index (χ4n) is 5.22. The van der Waals surface area contributed by atoms with Crippen LogP contribution in [0.5, 0.6) is 5.75 Å². The molecule has 178 valence electrons. The Bertz CT molecular complexity index is 1110. The molecule has 0 aliphatic carbocycles. The second-order valence-corrected chi connectivity index (χ2v) is 9.84. The number of benzene rings is 2. The summed E-state index contributed by atoms with van der Waals surface area (Å²) in [5, 5.41) is 0. The Morgan fingerprint density at radius 1 is 0.882 bits per heavy atom. The van der Waals surface area contributed by atoms with Crippen molar-refractivity contribution in [1.82, 2.24) is 19.8 Å². The molecule has 34 heavy (non-hydrogen) atoms. The van der Waals surface area contributed by atoms with Gasteiger partial charge in [0, 0.05) is 50.2 Å². The van der Waals surface area contributed by atoms with E-state index in [1.807, 2.05) is 23.1 Å². The summed E-state index contributed by atoms with van der Waals surface area (Å²) in [6.45, 7) is 8.30. The van der Waals surface area contributed by atoms with Gasteiger partial charge in [-0.05, 0) is 81.3 Å². The number of likely N-dealkylation sites (tertiary alicyclic amines) is 2. The highest BCUT2D eigenvalue weighted by Crippen LogP contribution is 2.30. The predicted octanol–water partition coefficient (Wildman–Crippen LogP) is 4.90. The van der Waals surface area contributed by atoms with Crippen LogP contribution in [0.1, 0.15) is 61.4 Å². The highest BCUT2D eigenvalue weighted by molar-refractivity contribution is 5.97. The van der Waals surface area contributed by atoms with Gasteiger partial charge in [0.25, 0.3) is 5.91 Å². The van der Waals surface area contributed by atoms with Crippen molar-refractivity contribution >= 4 is 16.9 Å². The van der Waals surface area contributed by atoms with Gasteiger partial charge in [-0.15, -0.1) is 0 Å². The van der Waals surface area contributed by atoms with Crippen molar-refractivity contribution in [1.29, 1.82) is 0 Å². The van der Waals surface area contributed by atoms with E-state index in [4.69, 9.17) is 4.74 Å². The Hall–Kier alpha value is -2.99. The van der Waals surface area contributed by atoms with Gasteiger partial charge >= 0.3 is 0 Å². The largest absolute Gasteiger partial charge is 0.490 e. The van der Waals surface area contributed by atoms with Gasteiger partial charge in [0.1, 0.15) is 11.9 Å². The third-order valence-electron chi connectivity index (χ3n) is 7.36. The molecule has 1 amide bonds. The van der Waals surface area contributed by atoms with Gasteiger partial charge in [0.05, 0.1) is 11.0 Å². The van der Waals surface area contributed by atoms with Crippen molar-refractivity contribution < 1.29 is 9.53 Å². The lowest BCUT2D eigenvalue weighted by Crippen LogP contribution is -2.41. The molecule has 5 rings (SSSR count). The maximum atomic E-state index is 13.0. The first-order chi connectivity index (χ1) is 16.6. The first-order valence-corrected chi connectivity index (χ1v) is 12.6. The summed E-state index contributed by atoms with van der Waals surface area (Å²) in [6.07, 6.45) is 7.79. The Labute approximate surface area is 202 Å². The zero-order chi connectivity index (χ0) is 23.5. The minimum absolute atomic E-state index is 0.0817. The molecule has 0 bridgehead atoms. The molecule has 0 N–H and O–H groups in total. The van der Waals surface area contributed by atoms with Gasteiger partial charge in [-0.1, -0.05) is 12.1 Å². The zero-order valence-corrected chi connectivity index (χ0v) is 20.2. The number of hydrogen-bond donors (Lipinski definition) is 0. The number of carbonyl (C=O) groups is 1. The lowest BCUT2D eigenvalue weighted by atomic mass is 9.89. The van der Waals surface area contributed by atoms with Crippen LogP contribution in [-0.4, -0.2) is 64.0 Å². The molecule has 2 aliphatic rings. The molecular formula is C28H34N4O2. The molecule has 6 heteroatoms. The number of rotatable bonds is 5. The van der Waals surface area contributed by atoms with E-state index in [2.05, 4.69) is 53.0 Å². The number of carbonyl (C=O) groups excluding carboxylic acids is 1. The fourth-order valence-corrected chi connectivity index (χ4v) is 5.22. The number of hydrogen-bond acceptors (Lipinski definition) is 5. The average Bonchev–Trinajstić information content (AvgIpc) is 2.89. The highest BCUT2D eigenvalue weighted by atomic mass is 16.5. The molecule has 2 aromatic carbocycles. The van der Waals surface area contributed by atoms with Crippen LogP contribution >= 0.6 is 0 Å².